The van der Waals surface area contributed by atoms with Gasteiger partial charge in [-0.05, 0) is 12.1 Å². The Bertz CT molecular complexity index is 180. The summed E-state index contributed by atoms with van der Waals surface area (Å²) in [6, 6.07) is 3.57. The molecule has 1 aromatic rings. The first-order chi connectivity index (χ1) is 3.39. The molecule has 1 aromatic heterocycles. The van der Waals surface area contributed by atoms with E-state index in [1.165, 1.54) is 0 Å². The van der Waals surface area contributed by atoms with Crippen LogP contribution in [0.1, 0.15) is 0 Å². The molecule has 0 spiro atoms. The molecule has 4 heteroatoms. The number of aromatic amines is 1. The van der Waals surface area contributed by atoms with Gasteiger partial charge in [0.1, 0.15) is 4.64 Å². The summed E-state index contributed by atoms with van der Waals surface area (Å²) in [5.74, 6) is 0. The predicted molar refractivity (Wildman–Crippen MR) is 29.4 cm³/mol. The first kappa shape index (κ1) is 7.90. The van der Waals surface area contributed by atoms with Crippen LogP contribution in [0.5, 0.6) is 0 Å². The Morgan fingerprint density at radius 1 is 1.62 bits per heavy atom. The molecule has 0 unspecified atom stereocenters. The molecular formula is C4H4LiN2S+. The number of hydrogen-bond acceptors (Lipinski definition) is 2. The molecule has 0 fully saturated rings. The third kappa shape index (κ3) is 2.27. The van der Waals surface area contributed by atoms with Gasteiger partial charge in [-0.1, -0.05) is 12.2 Å². The Hall–Kier alpha value is -0.103. The van der Waals surface area contributed by atoms with Gasteiger partial charge in [0.15, 0.2) is 0 Å². The van der Waals surface area contributed by atoms with Crippen molar-refractivity contribution in [1.29, 1.82) is 0 Å². The Kier molecular flexibility index (Phi) is 3.80. The largest absolute Gasteiger partial charge is 1.00 e. The van der Waals surface area contributed by atoms with Gasteiger partial charge in [-0.2, -0.15) is 5.10 Å². The smallest absolute Gasteiger partial charge is 0.268 e. The van der Waals surface area contributed by atoms with Gasteiger partial charge >= 0.3 is 18.9 Å². The third-order valence-electron chi connectivity index (χ3n) is 0.583. The molecule has 1 rings (SSSR count). The predicted octanol–water partition coefficient (Wildman–Crippen LogP) is -1.86. The molecule has 0 saturated carbocycles. The average molecular weight is 119 g/mol. The molecule has 0 radical (unpaired) electrons. The second-order valence-electron chi connectivity index (χ2n) is 1.11. The summed E-state index contributed by atoms with van der Waals surface area (Å²) in [6.07, 6.45) is 1.65. The van der Waals surface area contributed by atoms with Gasteiger partial charge in [-0.25, -0.2) is 0 Å². The van der Waals surface area contributed by atoms with Crippen LogP contribution in [-0.4, -0.2) is 10.2 Å². The van der Waals surface area contributed by atoms with Crippen LogP contribution in [0.2, 0.25) is 0 Å². The molecule has 0 aliphatic rings. The molecule has 36 valence electrons. The van der Waals surface area contributed by atoms with E-state index in [-0.39, 0.29) is 18.9 Å². The van der Waals surface area contributed by atoms with E-state index in [9.17, 15) is 0 Å². The van der Waals surface area contributed by atoms with Gasteiger partial charge in [0.05, 0.1) is 0 Å². The molecule has 0 atom stereocenters. The number of nitrogens with zero attached hydrogens (tertiary/aromatic N) is 1. The van der Waals surface area contributed by atoms with Gasteiger partial charge < -0.3 is 0 Å². The van der Waals surface area contributed by atoms with Gasteiger partial charge in [0.2, 0.25) is 0 Å². The van der Waals surface area contributed by atoms with Crippen molar-refractivity contribution in [2.24, 2.45) is 0 Å². The van der Waals surface area contributed by atoms with E-state index in [1.54, 1.807) is 18.3 Å². The molecule has 8 heavy (non-hydrogen) atoms. The SMILES string of the molecule is S=c1cccn[nH]1.[Li+]. The van der Waals surface area contributed by atoms with Gasteiger partial charge in [-0.3, -0.25) is 5.10 Å². The van der Waals surface area contributed by atoms with Crippen LogP contribution >= 0.6 is 12.2 Å². The summed E-state index contributed by atoms with van der Waals surface area (Å²) in [6.45, 7) is 0. The second-order valence-corrected chi connectivity index (χ2v) is 1.55. The zero-order chi connectivity index (χ0) is 5.11. The first-order valence-corrected chi connectivity index (χ1v) is 2.30. The first-order valence-electron chi connectivity index (χ1n) is 1.89. The zero-order valence-electron chi connectivity index (χ0n) is 4.59. The van der Waals surface area contributed by atoms with Crippen molar-refractivity contribution < 1.29 is 18.9 Å². The molecule has 1 heterocycles. The van der Waals surface area contributed by atoms with E-state index in [4.69, 9.17) is 12.2 Å². The van der Waals surface area contributed by atoms with Crippen LogP contribution in [0.4, 0.5) is 0 Å². The van der Waals surface area contributed by atoms with Gasteiger partial charge in [-0.15, -0.1) is 0 Å². The van der Waals surface area contributed by atoms with Crippen LogP contribution in [0.25, 0.3) is 0 Å². The Morgan fingerprint density at radius 3 is 2.62 bits per heavy atom. The Balaban J connectivity index is 0.000000490. The summed E-state index contributed by atoms with van der Waals surface area (Å²) in [7, 11) is 0. The summed E-state index contributed by atoms with van der Waals surface area (Å²) in [5.41, 5.74) is 0. The van der Waals surface area contributed by atoms with Crippen molar-refractivity contribution >= 4 is 12.2 Å². The fraction of sp³-hybridized carbons (Fsp3) is 0. The molecule has 0 amide bonds. The second kappa shape index (κ2) is 3.85. The molecular weight excluding hydrogens is 115 g/mol. The van der Waals surface area contributed by atoms with Crippen LogP contribution in [0.15, 0.2) is 18.3 Å². The zero-order valence-corrected chi connectivity index (χ0v) is 5.40. The monoisotopic (exact) mass is 119 g/mol. The molecule has 0 aliphatic carbocycles. The van der Waals surface area contributed by atoms with E-state index in [0.29, 0.717) is 4.64 Å². The minimum absolute atomic E-state index is 0. The Labute approximate surface area is 64.5 Å². The number of nitrogens with one attached hydrogen (secondary N) is 1. The third-order valence-corrected chi connectivity index (χ3v) is 0.810. The quantitative estimate of drug-likeness (QED) is 0.320. The molecule has 0 aromatic carbocycles. The minimum atomic E-state index is 0. The number of aromatic nitrogens is 2. The number of H-pyrrole nitrogens is 1. The normalized spacial score (nSPS) is 7.50. The number of rotatable bonds is 0. The van der Waals surface area contributed by atoms with Crippen molar-refractivity contribution in [3.05, 3.63) is 23.0 Å². The van der Waals surface area contributed by atoms with Crippen LogP contribution in [0, 0.1) is 4.64 Å². The van der Waals surface area contributed by atoms with Crippen molar-refractivity contribution in [3.8, 4) is 0 Å². The molecule has 1 N–H and O–H groups in total. The minimum Gasteiger partial charge on any atom is -0.268 e. The van der Waals surface area contributed by atoms with E-state index in [1.807, 2.05) is 0 Å². The fourth-order valence-electron chi connectivity index (χ4n) is 0.312. The molecule has 0 bridgehead atoms. The van der Waals surface area contributed by atoms with E-state index in [0.717, 1.165) is 0 Å². The topological polar surface area (TPSA) is 28.7 Å². The van der Waals surface area contributed by atoms with Crippen molar-refractivity contribution in [2.75, 3.05) is 0 Å². The fourth-order valence-corrected chi connectivity index (χ4v) is 0.443. The summed E-state index contributed by atoms with van der Waals surface area (Å²) in [5, 5.41) is 6.25. The molecule has 2 nitrogen and oxygen atoms in total. The van der Waals surface area contributed by atoms with E-state index in [2.05, 4.69) is 10.2 Å². The summed E-state index contributed by atoms with van der Waals surface area (Å²) >= 11 is 4.69. The van der Waals surface area contributed by atoms with Gasteiger partial charge in [0, 0.05) is 6.20 Å². The maximum Gasteiger partial charge on any atom is 1.00 e. The van der Waals surface area contributed by atoms with Gasteiger partial charge in [0.25, 0.3) is 0 Å². The number of hydrogen-bond donors (Lipinski definition) is 1. The summed E-state index contributed by atoms with van der Waals surface area (Å²) < 4.78 is 0.669. The van der Waals surface area contributed by atoms with E-state index >= 15 is 0 Å². The van der Waals surface area contributed by atoms with Crippen LogP contribution in [0.3, 0.4) is 0 Å². The van der Waals surface area contributed by atoms with Crippen LogP contribution < -0.4 is 18.9 Å². The standard InChI is InChI=1S/C4H4N2S.Li/c7-4-2-1-3-5-6-4;/h1-3H,(H,6,7);/q;+1. The summed E-state index contributed by atoms with van der Waals surface area (Å²) in [4.78, 5) is 0. The molecule has 0 saturated heterocycles. The average Bonchev–Trinajstić information content (AvgIpc) is 1.69. The van der Waals surface area contributed by atoms with Crippen molar-refractivity contribution in [1.82, 2.24) is 10.2 Å². The van der Waals surface area contributed by atoms with Crippen LogP contribution in [-0.2, 0) is 0 Å². The maximum absolute atomic E-state index is 4.69. The molecule has 0 aliphatic heterocycles. The van der Waals surface area contributed by atoms with E-state index < -0.39 is 0 Å². The van der Waals surface area contributed by atoms with Crippen molar-refractivity contribution in [2.45, 2.75) is 0 Å². The maximum atomic E-state index is 4.69. The Morgan fingerprint density at radius 2 is 2.38 bits per heavy atom. The van der Waals surface area contributed by atoms with Crippen molar-refractivity contribution in [3.63, 3.8) is 0 Å².